The van der Waals surface area contributed by atoms with E-state index in [2.05, 4.69) is 56.9 Å². The van der Waals surface area contributed by atoms with Crippen LogP contribution in [-0.2, 0) is 13.6 Å². The predicted octanol–water partition coefficient (Wildman–Crippen LogP) is 4.99. The van der Waals surface area contributed by atoms with Crippen LogP contribution >= 0.6 is 11.6 Å². The first-order valence-electron chi connectivity index (χ1n) is 9.02. The summed E-state index contributed by atoms with van der Waals surface area (Å²) in [5.74, 6) is 1.22. The Balaban J connectivity index is 1.65. The first-order valence-corrected chi connectivity index (χ1v) is 9.40. The van der Waals surface area contributed by atoms with E-state index < -0.39 is 0 Å². The number of hydrogen-bond acceptors (Lipinski definition) is 5. The summed E-state index contributed by atoms with van der Waals surface area (Å²) >= 11 is 6.26. The van der Waals surface area contributed by atoms with Gasteiger partial charge in [-0.15, -0.1) is 0 Å². The van der Waals surface area contributed by atoms with E-state index in [1.54, 1.807) is 10.9 Å². The molecule has 0 saturated heterocycles. The van der Waals surface area contributed by atoms with Gasteiger partial charge in [-0.05, 0) is 37.1 Å². The largest absolute Gasteiger partial charge is 0.350 e. The number of benzene rings is 2. The van der Waals surface area contributed by atoms with E-state index in [1.807, 2.05) is 32.2 Å². The molecule has 0 aliphatic heterocycles. The minimum Gasteiger partial charge on any atom is -0.350 e. The van der Waals surface area contributed by atoms with E-state index >= 15 is 0 Å². The quantitative estimate of drug-likeness (QED) is 0.500. The summed E-state index contributed by atoms with van der Waals surface area (Å²) < 4.78 is 1.74. The number of anilines is 3. The van der Waals surface area contributed by atoms with Crippen LogP contribution in [-0.4, -0.2) is 19.7 Å². The van der Waals surface area contributed by atoms with Gasteiger partial charge in [-0.25, -0.2) is 0 Å². The molecule has 0 spiro atoms. The Morgan fingerprint density at radius 3 is 2.57 bits per heavy atom. The van der Waals surface area contributed by atoms with Crippen molar-refractivity contribution in [2.75, 3.05) is 10.6 Å². The molecule has 142 valence electrons. The zero-order valence-corrected chi connectivity index (χ0v) is 16.7. The molecule has 0 saturated carbocycles. The molecule has 6 nitrogen and oxygen atoms in total. The molecule has 7 heteroatoms. The molecule has 2 aromatic carbocycles. The SMILES string of the molecule is Cc1ccc(CNc2nc(Nc3ccc(C)c(Cl)c3)c3cnn(C)c3n2)cc1. The number of halogens is 1. The second-order valence-electron chi connectivity index (χ2n) is 6.83. The van der Waals surface area contributed by atoms with Crippen molar-refractivity contribution in [3.8, 4) is 0 Å². The molecule has 2 N–H and O–H groups in total. The normalized spacial score (nSPS) is 11.0. The zero-order chi connectivity index (χ0) is 19.7. The smallest absolute Gasteiger partial charge is 0.227 e. The third-order valence-corrected chi connectivity index (χ3v) is 5.01. The van der Waals surface area contributed by atoms with Crippen molar-refractivity contribution in [1.29, 1.82) is 0 Å². The highest BCUT2D eigenvalue weighted by Gasteiger charge is 2.12. The van der Waals surface area contributed by atoms with E-state index in [0.717, 1.165) is 22.3 Å². The van der Waals surface area contributed by atoms with Crippen LogP contribution in [0, 0.1) is 13.8 Å². The Morgan fingerprint density at radius 1 is 1.04 bits per heavy atom. The van der Waals surface area contributed by atoms with Crippen LogP contribution in [0.4, 0.5) is 17.5 Å². The maximum absolute atomic E-state index is 6.26. The van der Waals surface area contributed by atoms with Gasteiger partial charge >= 0.3 is 0 Å². The number of nitrogens with one attached hydrogen (secondary N) is 2. The third kappa shape index (κ3) is 3.77. The summed E-state index contributed by atoms with van der Waals surface area (Å²) in [5.41, 5.74) is 5.05. The van der Waals surface area contributed by atoms with Crippen LogP contribution < -0.4 is 10.6 Å². The number of aromatic nitrogens is 4. The average molecular weight is 393 g/mol. The van der Waals surface area contributed by atoms with Gasteiger partial charge in [-0.1, -0.05) is 47.5 Å². The van der Waals surface area contributed by atoms with Gasteiger partial charge in [0.15, 0.2) is 5.65 Å². The summed E-state index contributed by atoms with van der Waals surface area (Å²) in [6.07, 6.45) is 1.76. The molecule has 0 aliphatic rings. The monoisotopic (exact) mass is 392 g/mol. The van der Waals surface area contributed by atoms with Crippen molar-refractivity contribution in [3.05, 3.63) is 70.4 Å². The Morgan fingerprint density at radius 2 is 1.82 bits per heavy atom. The lowest BCUT2D eigenvalue weighted by Crippen LogP contribution is -2.07. The molecule has 4 aromatic rings. The molecule has 0 aliphatic carbocycles. The molecule has 0 bridgehead atoms. The van der Waals surface area contributed by atoms with Crippen LogP contribution in [0.15, 0.2) is 48.7 Å². The first-order chi connectivity index (χ1) is 13.5. The lowest BCUT2D eigenvalue weighted by molar-refractivity contribution is 0.785. The highest BCUT2D eigenvalue weighted by Crippen LogP contribution is 2.27. The zero-order valence-electron chi connectivity index (χ0n) is 16.0. The number of nitrogens with zero attached hydrogens (tertiary/aromatic N) is 4. The highest BCUT2D eigenvalue weighted by molar-refractivity contribution is 6.31. The summed E-state index contributed by atoms with van der Waals surface area (Å²) in [7, 11) is 1.87. The maximum Gasteiger partial charge on any atom is 0.227 e. The van der Waals surface area contributed by atoms with Gasteiger partial charge in [0.25, 0.3) is 0 Å². The topological polar surface area (TPSA) is 67.7 Å². The Bertz CT molecular complexity index is 1130. The van der Waals surface area contributed by atoms with Gasteiger partial charge in [0, 0.05) is 24.3 Å². The van der Waals surface area contributed by atoms with Crippen LogP contribution in [0.25, 0.3) is 11.0 Å². The highest BCUT2D eigenvalue weighted by atomic mass is 35.5. The van der Waals surface area contributed by atoms with Gasteiger partial charge in [0.05, 0.1) is 11.6 Å². The lowest BCUT2D eigenvalue weighted by atomic mass is 10.1. The van der Waals surface area contributed by atoms with Gasteiger partial charge in [-0.3, -0.25) is 4.68 Å². The van der Waals surface area contributed by atoms with E-state index in [4.69, 9.17) is 11.6 Å². The fourth-order valence-corrected chi connectivity index (χ4v) is 3.07. The van der Waals surface area contributed by atoms with E-state index in [-0.39, 0.29) is 0 Å². The number of aryl methyl sites for hydroxylation is 3. The summed E-state index contributed by atoms with van der Waals surface area (Å²) in [6.45, 7) is 4.69. The van der Waals surface area contributed by atoms with Crippen LogP contribution in [0.5, 0.6) is 0 Å². The molecular weight excluding hydrogens is 372 g/mol. The average Bonchev–Trinajstić information content (AvgIpc) is 3.06. The van der Waals surface area contributed by atoms with Crippen LogP contribution in [0.3, 0.4) is 0 Å². The van der Waals surface area contributed by atoms with E-state index in [1.165, 1.54) is 11.1 Å². The molecule has 2 heterocycles. The molecule has 4 rings (SSSR count). The van der Waals surface area contributed by atoms with Gasteiger partial charge in [-0.2, -0.15) is 15.1 Å². The second-order valence-corrected chi connectivity index (χ2v) is 7.24. The summed E-state index contributed by atoms with van der Waals surface area (Å²) in [4.78, 5) is 9.28. The Labute approximate surface area is 168 Å². The van der Waals surface area contributed by atoms with Crippen molar-refractivity contribution in [2.24, 2.45) is 7.05 Å². The van der Waals surface area contributed by atoms with Crippen molar-refractivity contribution >= 4 is 40.1 Å². The van der Waals surface area contributed by atoms with E-state index in [9.17, 15) is 0 Å². The summed E-state index contributed by atoms with van der Waals surface area (Å²) in [6, 6.07) is 14.2. The molecule has 0 amide bonds. The number of fused-ring (bicyclic) bond motifs is 1. The molecule has 0 atom stereocenters. The standard InChI is InChI=1S/C21H21ClN6/c1-13-4-7-15(8-5-13)11-23-21-26-19(17-12-24-28(3)20(17)27-21)25-16-9-6-14(2)18(22)10-16/h4-10,12H,11H2,1-3H3,(H2,23,25,26,27). The minimum absolute atomic E-state index is 0.539. The van der Waals surface area contributed by atoms with Gasteiger partial charge in [0.2, 0.25) is 5.95 Å². The minimum atomic E-state index is 0.539. The molecule has 0 radical (unpaired) electrons. The lowest BCUT2D eigenvalue weighted by Gasteiger charge is -2.11. The molecule has 28 heavy (non-hydrogen) atoms. The van der Waals surface area contributed by atoms with Crippen LogP contribution in [0.1, 0.15) is 16.7 Å². The predicted molar refractivity (Wildman–Crippen MR) is 114 cm³/mol. The fourth-order valence-electron chi connectivity index (χ4n) is 2.89. The molecule has 0 fully saturated rings. The van der Waals surface area contributed by atoms with E-state index in [0.29, 0.717) is 23.3 Å². The fraction of sp³-hybridized carbons (Fsp3) is 0.190. The summed E-state index contributed by atoms with van der Waals surface area (Å²) in [5, 5.41) is 12.5. The molecule has 2 aromatic heterocycles. The van der Waals surface area contributed by atoms with Crippen molar-refractivity contribution < 1.29 is 0 Å². The van der Waals surface area contributed by atoms with Gasteiger partial charge < -0.3 is 10.6 Å². The van der Waals surface area contributed by atoms with Crippen molar-refractivity contribution in [2.45, 2.75) is 20.4 Å². The maximum atomic E-state index is 6.26. The first kappa shape index (κ1) is 18.3. The molecular formula is C21H21ClN6. The number of hydrogen-bond donors (Lipinski definition) is 2. The Kier molecular flexibility index (Phi) is 4.88. The second kappa shape index (κ2) is 7.48. The van der Waals surface area contributed by atoms with Crippen molar-refractivity contribution in [3.63, 3.8) is 0 Å². The molecule has 0 unspecified atom stereocenters. The van der Waals surface area contributed by atoms with Crippen LogP contribution in [0.2, 0.25) is 5.02 Å². The Hall–Kier alpha value is -3.12. The van der Waals surface area contributed by atoms with Gasteiger partial charge in [0.1, 0.15) is 5.82 Å². The number of rotatable bonds is 5. The van der Waals surface area contributed by atoms with Crippen molar-refractivity contribution in [1.82, 2.24) is 19.7 Å². The third-order valence-electron chi connectivity index (χ3n) is 4.60.